The molecule has 0 aliphatic heterocycles. The largest absolute Gasteiger partial charge is 0.478 e. The summed E-state index contributed by atoms with van der Waals surface area (Å²) in [7, 11) is 0. The van der Waals surface area contributed by atoms with Crippen molar-refractivity contribution in [3.05, 3.63) is 62.1 Å². The van der Waals surface area contributed by atoms with Gasteiger partial charge in [-0.25, -0.2) is 4.79 Å². The minimum Gasteiger partial charge on any atom is -0.478 e. The maximum Gasteiger partial charge on any atom is 0.328 e. The van der Waals surface area contributed by atoms with Crippen molar-refractivity contribution in [3.63, 3.8) is 0 Å². The molecule has 0 radical (unpaired) electrons. The predicted octanol–water partition coefficient (Wildman–Crippen LogP) is 6.07. The fourth-order valence-corrected chi connectivity index (χ4v) is 2.57. The number of carboxylic acid groups (broad SMARTS) is 1. The van der Waals surface area contributed by atoms with E-state index in [4.69, 9.17) is 51.5 Å². The lowest BCUT2D eigenvalue weighted by molar-refractivity contribution is -0.131. The lowest BCUT2D eigenvalue weighted by atomic mass is 10.0. The Morgan fingerprint density at radius 1 is 0.952 bits per heavy atom. The van der Waals surface area contributed by atoms with E-state index in [-0.39, 0.29) is 5.02 Å². The molecule has 2 rings (SSSR count). The lowest BCUT2D eigenvalue weighted by Gasteiger charge is -2.09. The fourth-order valence-electron chi connectivity index (χ4n) is 1.75. The van der Waals surface area contributed by atoms with E-state index in [0.717, 1.165) is 11.6 Å². The fraction of sp³-hybridized carbons (Fsp3) is 0. The molecule has 0 heterocycles. The summed E-state index contributed by atoms with van der Waals surface area (Å²) in [5, 5.41) is 10.1. The van der Waals surface area contributed by atoms with Crippen LogP contribution >= 0.6 is 46.4 Å². The van der Waals surface area contributed by atoms with Crippen molar-refractivity contribution >= 4 is 58.4 Å². The molecule has 0 aromatic heterocycles. The second kappa shape index (κ2) is 6.71. The van der Waals surface area contributed by atoms with Gasteiger partial charge in [0.25, 0.3) is 0 Å². The van der Waals surface area contributed by atoms with Crippen molar-refractivity contribution in [2.45, 2.75) is 0 Å². The Kier molecular flexibility index (Phi) is 5.17. The summed E-state index contributed by atoms with van der Waals surface area (Å²) in [5.74, 6) is -1.05. The van der Waals surface area contributed by atoms with Gasteiger partial charge in [-0.05, 0) is 35.4 Å². The number of carbonyl (C=O) groups is 1. The average Bonchev–Trinajstić information content (AvgIpc) is 2.44. The Labute approximate surface area is 141 Å². The van der Waals surface area contributed by atoms with Crippen LogP contribution in [0.5, 0.6) is 0 Å². The number of carboxylic acids is 1. The van der Waals surface area contributed by atoms with Crippen molar-refractivity contribution in [2.75, 3.05) is 0 Å². The molecule has 0 aliphatic rings. The van der Waals surface area contributed by atoms with E-state index in [2.05, 4.69) is 0 Å². The first kappa shape index (κ1) is 16.2. The summed E-state index contributed by atoms with van der Waals surface area (Å²) in [6.45, 7) is 0. The number of aliphatic carboxylic acids is 1. The molecule has 0 saturated carbocycles. The van der Waals surface area contributed by atoms with Crippen LogP contribution in [-0.2, 0) is 4.79 Å². The number of hydrogen-bond donors (Lipinski definition) is 1. The summed E-state index contributed by atoms with van der Waals surface area (Å²) < 4.78 is 0. The molecule has 0 spiro atoms. The molecule has 0 atom stereocenters. The first-order valence-electron chi connectivity index (χ1n) is 5.74. The highest BCUT2D eigenvalue weighted by molar-refractivity contribution is 6.49. The minimum absolute atomic E-state index is 0.272. The third kappa shape index (κ3) is 3.72. The molecule has 2 aromatic carbocycles. The Hall–Kier alpha value is -1.19. The van der Waals surface area contributed by atoms with Crippen LogP contribution in [0.2, 0.25) is 20.1 Å². The zero-order chi connectivity index (χ0) is 15.6. The van der Waals surface area contributed by atoms with E-state index in [1.165, 1.54) is 6.08 Å². The molecule has 0 bridgehead atoms. The van der Waals surface area contributed by atoms with Gasteiger partial charge in [0.2, 0.25) is 0 Å². The topological polar surface area (TPSA) is 37.3 Å². The van der Waals surface area contributed by atoms with Gasteiger partial charge in [0.05, 0.1) is 15.1 Å². The molecule has 0 amide bonds. The quantitative estimate of drug-likeness (QED) is 0.532. The predicted molar refractivity (Wildman–Crippen MR) is 88.6 cm³/mol. The zero-order valence-corrected chi connectivity index (χ0v) is 13.4. The highest BCUT2D eigenvalue weighted by atomic mass is 35.5. The molecule has 108 valence electrons. The van der Waals surface area contributed by atoms with Crippen molar-refractivity contribution in [2.24, 2.45) is 0 Å². The zero-order valence-electron chi connectivity index (χ0n) is 10.4. The summed E-state index contributed by atoms with van der Waals surface area (Å²) in [5.41, 5.74) is 2.01. The van der Waals surface area contributed by atoms with Crippen LogP contribution in [0.4, 0.5) is 0 Å². The normalized spacial score (nSPS) is 11.0. The van der Waals surface area contributed by atoms with Crippen molar-refractivity contribution < 1.29 is 9.90 Å². The molecule has 2 nitrogen and oxygen atoms in total. The molecule has 1 N–H and O–H groups in total. The van der Waals surface area contributed by atoms with Crippen LogP contribution in [0, 0.1) is 0 Å². The van der Waals surface area contributed by atoms with Gasteiger partial charge in [0.15, 0.2) is 0 Å². The standard InChI is InChI=1S/C15H8Cl4O2/c16-11-4-1-8(7-9(11)2-6-13(20)21)10-3-5-12(17)15(19)14(10)18/h1-7H,(H,20,21)/b6-2+. The van der Waals surface area contributed by atoms with Crippen LogP contribution in [-0.4, -0.2) is 11.1 Å². The number of rotatable bonds is 3. The second-order valence-corrected chi connectivity index (χ2v) is 5.70. The van der Waals surface area contributed by atoms with Crippen LogP contribution < -0.4 is 0 Å². The molecular formula is C15H8Cl4O2. The Morgan fingerprint density at radius 3 is 2.29 bits per heavy atom. The van der Waals surface area contributed by atoms with Crippen LogP contribution in [0.25, 0.3) is 17.2 Å². The van der Waals surface area contributed by atoms with Crippen LogP contribution in [0.15, 0.2) is 36.4 Å². The Balaban J connectivity index is 2.53. The summed E-state index contributed by atoms with van der Waals surface area (Å²) in [6.07, 6.45) is 2.43. The van der Waals surface area contributed by atoms with Gasteiger partial charge in [-0.1, -0.05) is 58.5 Å². The van der Waals surface area contributed by atoms with E-state index in [1.54, 1.807) is 30.3 Å². The van der Waals surface area contributed by atoms with Gasteiger partial charge in [0, 0.05) is 16.7 Å². The summed E-state index contributed by atoms with van der Waals surface area (Å²) >= 11 is 24.2. The van der Waals surface area contributed by atoms with Gasteiger partial charge in [-0.3, -0.25) is 0 Å². The van der Waals surface area contributed by atoms with E-state index in [1.807, 2.05) is 0 Å². The van der Waals surface area contributed by atoms with Crippen LogP contribution in [0.3, 0.4) is 0 Å². The molecule has 6 heteroatoms. The third-order valence-corrected chi connectivity index (χ3v) is 4.39. The van der Waals surface area contributed by atoms with Crippen molar-refractivity contribution in [3.8, 4) is 11.1 Å². The molecule has 0 unspecified atom stereocenters. The second-order valence-electron chi connectivity index (χ2n) is 4.13. The van der Waals surface area contributed by atoms with Crippen molar-refractivity contribution in [1.29, 1.82) is 0 Å². The highest BCUT2D eigenvalue weighted by Crippen LogP contribution is 2.38. The van der Waals surface area contributed by atoms with E-state index >= 15 is 0 Å². The maximum atomic E-state index is 10.6. The summed E-state index contributed by atoms with van der Waals surface area (Å²) in [4.78, 5) is 10.6. The number of benzene rings is 2. The van der Waals surface area contributed by atoms with Gasteiger partial charge >= 0.3 is 5.97 Å². The molecule has 0 aliphatic carbocycles. The Morgan fingerprint density at radius 2 is 1.62 bits per heavy atom. The maximum absolute atomic E-state index is 10.6. The van der Waals surface area contributed by atoms with Gasteiger partial charge in [0.1, 0.15) is 0 Å². The van der Waals surface area contributed by atoms with Crippen LogP contribution in [0.1, 0.15) is 5.56 Å². The number of hydrogen-bond acceptors (Lipinski definition) is 1. The molecule has 0 fully saturated rings. The van der Waals surface area contributed by atoms with Gasteiger partial charge < -0.3 is 5.11 Å². The molecular weight excluding hydrogens is 354 g/mol. The van der Waals surface area contributed by atoms with Crippen molar-refractivity contribution in [1.82, 2.24) is 0 Å². The van der Waals surface area contributed by atoms with Gasteiger partial charge in [-0.15, -0.1) is 0 Å². The molecule has 0 saturated heterocycles. The van der Waals surface area contributed by atoms with E-state index in [9.17, 15) is 4.79 Å². The number of halogens is 4. The van der Waals surface area contributed by atoms with Gasteiger partial charge in [-0.2, -0.15) is 0 Å². The smallest absolute Gasteiger partial charge is 0.328 e. The van der Waals surface area contributed by atoms with E-state index < -0.39 is 5.97 Å². The lowest BCUT2D eigenvalue weighted by Crippen LogP contribution is -1.87. The SMILES string of the molecule is O=C(O)/C=C/c1cc(-c2ccc(Cl)c(Cl)c2Cl)ccc1Cl. The first-order chi connectivity index (χ1) is 9.90. The Bertz CT molecular complexity index is 739. The monoisotopic (exact) mass is 360 g/mol. The average molecular weight is 362 g/mol. The highest BCUT2D eigenvalue weighted by Gasteiger charge is 2.11. The van der Waals surface area contributed by atoms with E-state index in [0.29, 0.717) is 26.2 Å². The summed E-state index contributed by atoms with van der Waals surface area (Å²) in [6, 6.07) is 8.55. The minimum atomic E-state index is -1.05. The first-order valence-corrected chi connectivity index (χ1v) is 7.25. The molecule has 2 aromatic rings. The molecule has 21 heavy (non-hydrogen) atoms. The third-order valence-electron chi connectivity index (χ3n) is 2.75.